The number of nitrogens with one attached hydrogen (secondary N) is 1. The molecule has 0 radical (unpaired) electrons. The van der Waals surface area contributed by atoms with Gasteiger partial charge in [0.1, 0.15) is 5.75 Å². The Kier molecular flexibility index (Phi) is 8.73. The first-order valence-electron chi connectivity index (χ1n) is 11.3. The molecule has 1 fully saturated rings. The van der Waals surface area contributed by atoms with E-state index in [0.717, 1.165) is 0 Å². The van der Waals surface area contributed by atoms with E-state index in [1.165, 1.54) is 4.90 Å². The highest BCUT2D eigenvalue weighted by molar-refractivity contribution is 6.00. The molecule has 2 amide bonds. The van der Waals surface area contributed by atoms with E-state index in [9.17, 15) is 14.4 Å². The lowest BCUT2D eigenvalue weighted by Gasteiger charge is -2.17. The van der Waals surface area contributed by atoms with Crippen molar-refractivity contribution in [2.75, 3.05) is 43.2 Å². The fourth-order valence-electron chi connectivity index (χ4n) is 3.58. The van der Waals surface area contributed by atoms with Crippen molar-refractivity contribution in [2.24, 2.45) is 5.92 Å². The maximum Gasteiger partial charge on any atom is 0.311 e. The zero-order valence-electron chi connectivity index (χ0n) is 19.7. The monoisotopic (exact) mass is 470 g/mol. The molecule has 1 aliphatic rings. The summed E-state index contributed by atoms with van der Waals surface area (Å²) in [6, 6.07) is 12.1. The Morgan fingerprint density at radius 2 is 1.62 bits per heavy atom. The van der Waals surface area contributed by atoms with Crippen molar-refractivity contribution >= 4 is 29.2 Å². The molecule has 2 aromatic carbocycles. The minimum atomic E-state index is -0.637. The summed E-state index contributed by atoms with van der Waals surface area (Å²) < 4.78 is 21.6. The maximum atomic E-state index is 12.5. The van der Waals surface area contributed by atoms with Crippen molar-refractivity contribution in [3.05, 3.63) is 42.5 Å². The van der Waals surface area contributed by atoms with Gasteiger partial charge in [0.05, 0.1) is 25.7 Å². The standard InChI is InChI=1S/C25H30N2O7/c1-4-31-20-10-8-19(9-11-20)27-15-17(13-24(27)29)25(30)34-16-23(28)26-18-7-12-21(32-5-2)22(14-18)33-6-3/h7-12,14,17H,4-6,13,15-16H2,1-3H3,(H,26,28). The molecule has 1 unspecified atom stereocenters. The molecule has 1 saturated heterocycles. The van der Waals surface area contributed by atoms with Crippen LogP contribution in [0.2, 0.25) is 0 Å². The van der Waals surface area contributed by atoms with Crippen LogP contribution in [0.15, 0.2) is 42.5 Å². The van der Waals surface area contributed by atoms with Gasteiger partial charge in [-0.2, -0.15) is 0 Å². The summed E-state index contributed by atoms with van der Waals surface area (Å²) in [6.45, 7) is 6.85. The van der Waals surface area contributed by atoms with Crippen LogP contribution in [-0.4, -0.2) is 50.8 Å². The molecule has 182 valence electrons. The van der Waals surface area contributed by atoms with Gasteiger partial charge < -0.3 is 29.2 Å². The number of nitrogens with zero attached hydrogens (tertiary/aromatic N) is 1. The van der Waals surface area contributed by atoms with Crippen LogP contribution in [0, 0.1) is 5.92 Å². The molecule has 9 nitrogen and oxygen atoms in total. The lowest BCUT2D eigenvalue weighted by Crippen LogP contribution is -2.28. The van der Waals surface area contributed by atoms with Crippen LogP contribution in [0.25, 0.3) is 0 Å². The molecule has 3 rings (SSSR count). The van der Waals surface area contributed by atoms with Crippen molar-refractivity contribution in [2.45, 2.75) is 27.2 Å². The molecular weight excluding hydrogens is 440 g/mol. The first kappa shape index (κ1) is 24.9. The molecule has 1 heterocycles. The highest BCUT2D eigenvalue weighted by Crippen LogP contribution is 2.31. The van der Waals surface area contributed by atoms with Crippen molar-refractivity contribution in [1.82, 2.24) is 0 Å². The van der Waals surface area contributed by atoms with Crippen molar-refractivity contribution in [3.8, 4) is 17.2 Å². The second kappa shape index (κ2) is 11.9. The van der Waals surface area contributed by atoms with Crippen LogP contribution in [-0.2, 0) is 19.1 Å². The van der Waals surface area contributed by atoms with Gasteiger partial charge in [-0.15, -0.1) is 0 Å². The lowest BCUT2D eigenvalue weighted by atomic mass is 10.1. The largest absolute Gasteiger partial charge is 0.494 e. The van der Waals surface area contributed by atoms with Crippen LogP contribution in [0.3, 0.4) is 0 Å². The second-order valence-electron chi connectivity index (χ2n) is 7.52. The van der Waals surface area contributed by atoms with Crippen LogP contribution < -0.4 is 24.4 Å². The first-order chi connectivity index (χ1) is 16.4. The summed E-state index contributed by atoms with van der Waals surface area (Å²) in [6.07, 6.45) is 0.0320. The number of anilines is 2. The number of carbonyl (C=O) groups is 3. The van der Waals surface area contributed by atoms with Crippen LogP contribution >= 0.6 is 0 Å². The third kappa shape index (κ3) is 6.40. The minimum absolute atomic E-state index is 0.0320. The predicted octanol–water partition coefficient (Wildman–Crippen LogP) is 3.42. The van der Waals surface area contributed by atoms with Gasteiger partial charge in [0.2, 0.25) is 5.91 Å². The smallest absolute Gasteiger partial charge is 0.311 e. The summed E-state index contributed by atoms with van der Waals surface area (Å²) in [4.78, 5) is 38.7. The average Bonchev–Trinajstić information content (AvgIpc) is 3.22. The number of ether oxygens (including phenoxy) is 4. The molecule has 2 aromatic rings. The van der Waals surface area contributed by atoms with E-state index in [-0.39, 0.29) is 18.9 Å². The van der Waals surface area contributed by atoms with E-state index in [1.807, 2.05) is 20.8 Å². The topological polar surface area (TPSA) is 103 Å². The Bertz CT molecular complexity index is 1010. The van der Waals surface area contributed by atoms with Gasteiger partial charge in [-0.1, -0.05) is 0 Å². The van der Waals surface area contributed by atoms with E-state index in [1.54, 1.807) is 42.5 Å². The van der Waals surface area contributed by atoms with E-state index >= 15 is 0 Å². The predicted molar refractivity (Wildman–Crippen MR) is 126 cm³/mol. The molecule has 0 spiro atoms. The molecule has 0 saturated carbocycles. The van der Waals surface area contributed by atoms with Crippen molar-refractivity contribution in [1.29, 1.82) is 0 Å². The third-order valence-electron chi connectivity index (χ3n) is 5.09. The molecule has 0 bridgehead atoms. The summed E-state index contributed by atoms with van der Waals surface area (Å²) in [5.74, 6) is -0.0860. The molecule has 0 aliphatic carbocycles. The zero-order valence-corrected chi connectivity index (χ0v) is 19.7. The number of hydrogen-bond donors (Lipinski definition) is 1. The maximum absolute atomic E-state index is 12.5. The SMILES string of the molecule is CCOc1ccc(N2CC(C(=O)OCC(=O)Nc3ccc(OCC)c(OCC)c3)CC2=O)cc1. The number of esters is 1. The van der Waals surface area contributed by atoms with E-state index in [0.29, 0.717) is 48.4 Å². The lowest BCUT2D eigenvalue weighted by molar-refractivity contribution is -0.151. The molecule has 1 atom stereocenters. The normalized spacial score (nSPS) is 15.1. The number of hydrogen-bond acceptors (Lipinski definition) is 7. The highest BCUT2D eigenvalue weighted by Gasteiger charge is 2.36. The van der Waals surface area contributed by atoms with Gasteiger partial charge in [0.15, 0.2) is 18.1 Å². The fraction of sp³-hybridized carbons (Fsp3) is 0.400. The number of carbonyl (C=O) groups excluding carboxylic acids is 3. The molecule has 9 heteroatoms. The third-order valence-corrected chi connectivity index (χ3v) is 5.09. The number of rotatable bonds is 11. The van der Waals surface area contributed by atoms with Gasteiger partial charge in [-0.05, 0) is 57.2 Å². The molecule has 34 heavy (non-hydrogen) atoms. The fourth-order valence-corrected chi connectivity index (χ4v) is 3.58. The van der Waals surface area contributed by atoms with Crippen LogP contribution in [0.5, 0.6) is 17.2 Å². The van der Waals surface area contributed by atoms with Gasteiger partial charge in [-0.25, -0.2) is 0 Å². The summed E-state index contributed by atoms with van der Waals surface area (Å²) in [5, 5.41) is 2.67. The number of amides is 2. The van der Waals surface area contributed by atoms with Crippen molar-refractivity contribution < 1.29 is 33.3 Å². The number of benzene rings is 2. The van der Waals surface area contributed by atoms with Crippen molar-refractivity contribution in [3.63, 3.8) is 0 Å². The van der Waals surface area contributed by atoms with Gasteiger partial charge in [0, 0.05) is 30.4 Å². The van der Waals surface area contributed by atoms with E-state index < -0.39 is 24.4 Å². The summed E-state index contributed by atoms with van der Waals surface area (Å²) >= 11 is 0. The van der Waals surface area contributed by atoms with E-state index in [2.05, 4.69) is 5.32 Å². The Morgan fingerprint density at radius 3 is 2.29 bits per heavy atom. The second-order valence-corrected chi connectivity index (χ2v) is 7.52. The molecule has 1 N–H and O–H groups in total. The first-order valence-corrected chi connectivity index (χ1v) is 11.3. The van der Waals surface area contributed by atoms with E-state index in [4.69, 9.17) is 18.9 Å². The summed E-state index contributed by atoms with van der Waals surface area (Å²) in [5.41, 5.74) is 1.17. The Labute approximate surface area is 198 Å². The minimum Gasteiger partial charge on any atom is -0.494 e. The quantitative estimate of drug-likeness (QED) is 0.502. The summed E-state index contributed by atoms with van der Waals surface area (Å²) in [7, 11) is 0. The van der Waals surface area contributed by atoms with Gasteiger partial charge in [-0.3, -0.25) is 14.4 Å². The Hall–Kier alpha value is -3.75. The molecule has 1 aliphatic heterocycles. The van der Waals surface area contributed by atoms with Gasteiger partial charge >= 0.3 is 5.97 Å². The zero-order chi connectivity index (χ0) is 24.5. The van der Waals surface area contributed by atoms with Crippen LogP contribution in [0.4, 0.5) is 11.4 Å². The molecule has 0 aromatic heterocycles. The highest BCUT2D eigenvalue weighted by atomic mass is 16.5. The average molecular weight is 471 g/mol. The van der Waals surface area contributed by atoms with Gasteiger partial charge in [0.25, 0.3) is 5.91 Å². The molecular formula is C25H30N2O7. The Balaban J connectivity index is 1.52. The van der Waals surface area contributed by atoms with Crippen LogP contribution in [0.1, 0.15) is 27.2 Å². The Morgan fingerprint density at radius 1 is 0.941 bits per heavy atom.